The fourth-order valence-corrected chi connectivity index (χ4v) is 4.67. The molecule has 154 valence electrons. The maximum Gasteiger partial charge on any atom is 0.271 e. The molecule has 2 N–H and O–H groups in total. The predicted octanol–water partition coefficient (Wildman–Crippen LogP) is 4.40. The number of hydrazone groups is 1. The summed E-state index contributed by atoms with van der Waals surface area (Å²) in [7, 11) is -3.81. The summed E-state index contributed by atoms with van der Waals surface area (Å²) in [4.78, 5) is 12.5. The van der Waals surface area contributed by atoms with Crippen LogP contribution in [0.25, 0.3) is 0 Å². The molecule has 1 aliphatic carbocycles. The number of carbonyl (C=O) groups is 1. The molecule has 1 saturated carbocycles. The van der Waals surface area contributed by atoms with Crippen LogP contribution < -0.4 is 10.1 Å². The Morgan fingerprint density at radius 3 is 2.66 bits per heavy atom. The minimum atomic E-state index is -3.81. The standard InChI is InChI=1S/C22H27N3O3S/c1-15-6-4-8-19(13-15)23-24-22(26)18-7-5-9-20(14-18)29(27,28)25-21-11-10-16(2)12-17(21)3/h5,7,9-12,14-15,25H,4,6,8,13H2,1-3H3,(H,24,26)/b23-19-/t15-/m0/s1. The first-order valence-electron chi connectivity index (χ1n) is 9.80. The van der Waals surface area contributed by atoms with Gasteiger partial charge in [0.15, 0.2) is 0 Å². The molecular weight excluding hydrogens is 386 g/mol. The van der Waals surface area contributed by atoms with Gasteiger partial charge in [-0.1, -0.05) is 30.7 Å². The molecule has 1 fully saturated rings. The lowest BCUT2D eigenvalue weighted by molar-refractivity contribution is 0.0954. The molecule has 0 aromatic heterocycles. The molecule has 6 nitrogen and oxygen atoms in total. The Balaban J connectivity index is 1.75. The van der Waals surface area contributed by atoms with Gasteiger partial charge in [-0.3, -0.25) is 9.52 Å². The van der Waals surface area contributed by atoms with Crippen molar-refractivity contribution in [1.82, 2.24) is 5.43 Å². The van der Waals surface area contributed by atoms with Crippen LogP contribution in [0.5, 0.6) is 0 Å². The van der Waals surface area contributed by atoms with E-state index in [9.17, 15) is 13.2 Å². The van der Waals surface area contributed by atoms with Crippen LogP contribution in [-0.4, -0.2) is 20.0 Å². The van der Waals surface area contributed by atoms with Crippen LogP contribution >= 0.6 is 0 Å². The summed E-state index contributed by atoms with van der Waals surface area (Å²) >= 11 is 0. The second kappa shape index (κ2) is 8.78. The smallest absolute Gasteiger partial charge is 0.271 e. The van der Waals surface area contributed by atoms with E-state index < -0.39 is 15.9 Å². The van der Waals surface area contributed by atoms with Crippen molar-refractivity contribution >= 4 is 27.3 Å². The molecule has 0 saturated heterocycles. The van der Waals surface area contributed by atoms with Gasteiger partial charge in [-0.25, -0.2) is 13.8 Å². The number of hydrogen-bond donors (Lipinski definition) is 2. The van der Waals surface area contributed by atoms with Crippen molar-refractivity contribution in [1.29, 1.82) is 0 Å². The zero-order valence-corrected chi connectivity index (χ0v) is 17.8. The fourth-order valence-electron chi connectivity index (χ4n) is 3.49. The molecular formula is C22H27N3O3S. The van der Waals surface area contributed by atoms with Gasteiger partial charge in [-0.05, 0) is 75.3 Å². The summed E-state index contributed by atoms with van der Waals surface area (Å²) in [6.45, 7) is 5.97. The third-order valence-corrected chi connectivity index (χ3v) is 6.46. The number of rotatable bonds is 5. The van der Waals surface area contributed by atoms with E-state index in [1.165, 1.54) is 18.6 Å². The SMILES string of the molecule is Cc1ccc(NS(=O)(=O)c2cccc(C(=O)N/N=C3/CCC[C@H](C)C3)c2)c(C)c1. The molecule has 0 bridgehead atoms. The molecule has 1 amide bonds. The number of benzene rings is 2. The van der Waals surface area contributed by atoms with Gasteiger partial charge in [-0.15, -0.1) is 0 Å². The van der Waals surface area contributed by atoms with Crippen molar-refractivity contribution in [3.8, 4) is 0 Å². The molecule has 0 spiro atoms. The summed E-state index contributed by atoms with van der Waals surface area (Å²) in [6.07, 6.45) is 4.03. The van der Waals surface area contributed by atoms with Crippen molar-refractivity contribution < 1.29 is 13.2 Å². The maximum atomic E-state index is 12.8. The van der Waals surface area contributed by atoms with E-state index in [1.54, 1.807) is 18.2 Å². The molecule has 3 rings (SSSR count). The van der Waals surface area contributed by atoms with E-state index >= 15 is 0 Å². The van der Waals surface area contributed by atoms with Crippen molar-refractivity contribution in [2.24, 2.45) is 11.0 Å². The zero-order chi connectivity index (χ0) is 21.0. The van der Waals surface area contributed by atoms with Gasteiger partial charge in [0.2, 0.25) is 0 Å². The highest BCUT2D eigenvalue weighted by Gasteiger charge is 2.18. The minimum Gasteiger partial charge on any atom is -0.279 e. The number of nitrogens with zero attached hydrogens (tertiary/aromatic N) is 1. The van der Waals surface area contributed by atoms with Crippen LogP contribution in [0.1, 0.15) is 54.1 Å². The molecule has 0 heterocycles. The molecule has 7 heteroatoms. The van der Waals surface area contributed by atoms with Gasteiger partial charge < -0.3 is 0 Å². The van der Waals surface area contributed by atoms with Crippen molar-refractivity contribution in [3.63, 3.8) is 0 Å². The minimum absolute atomic E-state index is 0.0315. The van der Waals surface area contributed by atoms with Crippen LogP contribution in [0.4, 0.5) is 5.69 Å². The quantitative estimate of drug-likeness (QED) is 0.712. The summed E-state index contributed by atoms with van der Waals surface area (Å²) in [6, 6.07) is 11.5. The third kappa shape index (κ3) is 5.44. The number of carbonyl (C=O) groups excluding carboxylic acids is 1. The average molecular weight is 414 g/mol. The highest BCUT2D eigenvalue weighted by atomic mass is 32.2. The number of aryl methyl sites for hydroxylation is 2. The summed E-state index contributed by atoms with van der Waals surface area (Å²) in [5.74, 6) is 0.156. The highest BCUT2D eigenvalue weighted by Crippen LogP contribution is 2.22. The first-order valence-corrected chi connectivity index (χ1v) is 11.3. The van der Waals surface area contributed by atoms with Gasteiger partial charge in [-0.2, -0.15) is 5.10 Å². The van der Waals surface area contributed by atoms with E-state index in [0.29, 0.717) is 11.6 Å². The largest absolute Gasteiger partial charge is 0.279 e. The van der Waals surface area contributed by atoms with Gasteiger partial charge in [0.05, 0.1) is 10.6 Å². The van der Waals surface area contributed by atoms with E-state index in [1.807, 2.05) is 26.0 Å². The highest BCUT2D eigenvalue weighted by molar-refractivity contribution is 7.92. The Hall–Kier alpha value is -2.67. The first-order chi connectivity index (χ1) is 13.7. The van der Waals surface area contributed by atoms with Crippen LogP contribution in [0.3, 0.4) is 0 Å². The molecule has 0 radical (unpaired) electrons. The molecule has 29 heavy (non-hydrogen) atoms. The molecule has 2 aromatic carbocycles. The molecule has 1 aliphatic rings. The van der Waals surface area contributed by atoms with Crippen molar-refractivity contribution in [3.05, 3.63) is 59.2 Å². The van der Waals surface area contributed by atoms with Crippen LogP contribution in [-0.2, 0) is 10.0 Å². The van der Waals surface area contributed by atoms with E-state index in [0.717, 1.165) is 36.1 Å². The van der Waals surface area contributed by atoms with E-state index in [2.05, 4.69) is 22.2 Å². The number of amides is 1. The second-order valence-electron chi connectivity index (χ2n) is 7.77. The maximum absolute atomic E-state index is 12.8. The average Bonchev–Trinajstić information content (AvgIpc) is 2.68. The third-order valence-electron chi connectivity index (χ3n) is 5.09. The summed E-state index contributed by atoms with van der Waals surface area (Å²) in [5.41, 5.74) is 6.21. The second-order valence-corrected chi connectivity index (χ2v) is 9.45. The van der Waals surface area contributed by atoms with Crippen molar-refractivity contribution in [2.75, 3.05) is 4.72 Å². The first kappa shape index (κ1) is 21.0. The number of sulfonamides is 1. The van der Waals surface area contributed by atoms with Crippen LogP contribution in [0.2, 0.25) is 0 Å². The Bertz CT molecular complexity index is 1050. The monoisotopic (exact) mass is 413 g/mol. The Morgan fingerprint density at radius 1 is 1.14 bits per heavy atom. The zero-order valence-electron chi connectivity index (χ0n) is 17.0. The lowest BCUT2D eigenvalue weighted by atomic mass is 9.89. The Labute approximate surface area is 172 Å². The molecule has 0 aliphatic heterocycles. The van der Waals surface area contributed by atoms with Gasteiger partial charge in [0.1, 0.15) is 0 Å². The fraction of sp³-hybridized carbons (Fsp3) is 0.364. The van der Waals surface area contributed by atoms with E-state index in [-0.39, 0.29) is 10.5 Å². The van der Waals surface area contributed by atoms with E-state index in [4.69, 9.17) is 0 Å². The van der Waals surface area contributed by atoms with Gasteiger partial charge in [0.25, 0.3) is 15.9 Å². The molecule has 2 aromatic rings. The van der Waals surface area contributed by atoms with Crippen molar-refractivity contribution in [2.45, 2.75) is 51.3 Å². The number of hydrogen-bond acceptors (Lipinski definition) is 4. The lowest BCUT2D eigenvalue weighted by Gasteiger charge is -2.19. The van der Waals surface area contributed by atoms with Gasteiger partial charge in [0, 0.05) is 11.3 Å². The number of nitrogens with one attached hydrogen (secondary N) is 2. The normalized spacial score (nSPS) is 18.4. The molecule has 1 atom stereocenters. The van der Waals surface area contributed by atoms with Crippen LogP contribution in [0, 0.1) is 19.8 Å². The Morgan fingerprint density at radius 2 is 1.93 bits per heavy atom. The lowest BCUT2D eigenvalue weighted by Crippen LogP contribution is -2.22. The van der Waals surface area contributed by atoms with Crippen LogP contribution in [0.15, 0.2) is 52.5 Å². The number of anilines is 1. The topological polar surface area (TPSA) is 87.6 Å². The Kier molecular flexibility index (Phi) is 6.37. The predicted molar refractivity (Wildman–Crippen MR) is 116 cm³/mol. The molecule has 0 unspecified atom stereocenters. The van der Waals surface area contributed by atoms with Gasteiger partial charge >= 0.3 is 0 Å². The summed E-state index contributed by atoms with van der Waals surface area (Å²) in [5, 5.41) is 4.24. The summed E-state index contributed by atoms with van der Waals surface area (Å²) < 4.78 is 28.2.